The molecule has 0 fully saturated rings. The molecule has 116 valence electrons. The molecule has 0 aromatic heterocycles. The molecule has 0 aliphatic rings. The topological polar surface area (TPSA) is 0 Å². The standard InChI is InChI=1S/C21H28Si/c1-4-5-6-9-14-19(2)22(3,20-15-10-7-11-16-20)21-17-12-8-13-18-21/h7-8,10-13,15-18H,2,4-6,9,14H2,1,3H3. The molecule has 0 spiro atoms. The first-order valence-electron chi connectivity index (χ1n) is 8.49. The Bertz CT molecular complexity index is 532. The van der Waals surface area contributed by atoms with Crippen LogP contribution in [-0.2, 0) is 0 Å². The van der Waals surface area contributed by atoms with Gasteiger partial charge in [-0.05, 0) is 23.2 Å². The molecular formula is C21H28Si. The summed E-state index contributed by atoms with van der Waals surface area (Å²) in [5.41, 5.74) is 0. The van der Waals surface area contributed by atoms with Crippen LogP contribution in [0.3, 0.4) is 0 Å². The van der Waals surface area contributed by atoms with Crippen molar-refractivity contribution < 1.29 is 0 Å². The smallest absolute Gasteiger partial charge is 0.103 e. The fourth-order valence-corrected chi connectivity index (χ4v) is 6.68. The summed E-state index contributed by atoms with van der Waals surface area (Å²) in [5.74, 6) is 0. The fraction of sp³-hybridized carbons (Fsp3) is 0.333. The molecule has 22 heavy (non-hydrogen) atoms. The van der Waals surface area contributed by atoms with Crippen LogP contribution in [0.4, 0.5) is 0 Å². The van der Waals surface area contributed by atoms with Gasteiger partial charge in [-0.15, -0.1) is 6.58 Å². The second-order valence-corrected chi connectivity index (χ2v) is 10.4. The molecule has 2 aromatic carbocycles. The van der Waals surface area contributed by atoms with Crippen LogP contribution in [0.2, 0.25) is 6.55 Å². The summed E-state index contributed by atoms with van der Waals surface area (Å²) >= 11 is 0. The van der Waals surface area contributed by atoms with Crippen molar-refractivity contribution in [2.75, 3.05) is 0 Å². The minimum Gasteiger partial charge on any atom is -0.103 e. The average Bonchev–Trinajstić information content (AvgIpc) is 2.59. The van der Waals surface area contributed by atoms with Gasteiger partial charge < -0.3 is 0 Å². The molecule has 0 atom stereocenters. The minimum atomic E-state index is -1.86. The van der Waals surface area contributed by atoms with Gasteiger partial charge in [0.1, 0.15) is 8.07 Å². The maximum Gasteiger partial charge on any atom is 0.140 e. The van der Waals surface area contributed by atoms with Gasteiger partial charge in [0.15, 0.2) is 0 Å². The van der Waals surface area contributed by atoms with E-state index >= 15 is 0 Å². The third-order valence-electron chi connectivity index (χ3n) is 4.74. The van der Waals surface area contributed by atoms with Gasteiger partial charge >= 0.3 is 0 Å². The lowest BCUT2D eigenvalue weighted by molar-refractivity contribution is 0.671. The first-order valence-corrected chi connectivity index (χ1v) is 11.0. The van der Waals surface area contributed by atoms with Crippen molar-refractivity contribution in [2.24, 2.45) is 0 Å². The van der Waals surface area contributed by atoms with Gasteiger partial charge in [0, 0.05) is 0 Å². The SMILES string of the molecule is C=C(CCCCCC)[Si](C)(c1ccccc1)c1ccccc1. The summed E-state index contributed by atoms with van der Waals surface area (Å²) < 4.78 is 0. The van der Waals surface area contributed by atoms with Crippen LogP contribution in [0.15, 0.2) is 72.4 Å². The highest BCUT2D eigenvalue weighted by Crippen LogP contribution is 2.20. The average molecular weight is 309 g/mol. The lowest BCUT2D eigenvalue weighted by atomic mass is 10.1. The molecule has 0 nitrogen and oxygen atoms in total. The first kappa shape index (κ1) is 16.8. The fourth-order valence-electron chi connectivity index (χ4n) is 3.13. The van der Waals surface area contributed by atoms with Crippen LogP contribution in [0.25, 0.3) is 0 Å². The largest absolute Gasteiger partial charge is 0.140 e. The molecule has 0 aliphatic heterocycles. The highest BCUT2D eigenvalue weighted by Gasteiger charge is 2.34. The van der Waals surface area contributed by atoms with Crippen molar-refractivity contribution in [3.8, 4) is 0 Å². The van der Waals surface area contributed by atoms with Gasteiger partial charge in [-0.1, -0.05) is 98.6 Å². The molecular weight excluding hydrogens is 280 g/mol. The molecule has 0 heterocycles. The van der Waals surface area contributed by atoms with E-state index in [0.29, 0.717) is 0 Å². The molecule has 1 heteroatoms. The number of allylic oxidation sites excluding steroid dienone is 1. The lowest BCUT2D eigenvalue weighted by Crippen LogP contribution is -2.57. The summed E-state index contributed by atoms with van der Waals surface area (Å²) in [7, 11) is -1.86. The predicted molar refractivity (Wildman–Crippen MR) is 102 cm³/mol. The predicted octanol–water partition coefficient (Wildman–Crippen LogP) is 4.95. The van der Waals surface area contributed by atoms with Crippen molar-refractivity contribution in [3.63, 3.8) is 0 Å². The van der Waals surface area contributed by atoms with E-state index in [4.69, 9.17) is 0 Å². The van der Waals surface area contributed by atoms with Crippen LogP contribution in [0.5, 0.6) is 0 Å². The molecule has 0 saturated carbocycles. The summed E-state index contributed by atoms with van der Waals surface area (Å²) in [6, 6.07) is 22.0. The molecule has 0 N–H and O–H groups in total. The summed E-state index contributed by atoms with van der Waals surface area (Å²) in [6.45, 7) is 9.26. The normalized spacial score (nSPS) is 11.4. The maximum absolute atomic E-state index is 4.54. The zero-order chi connectivity index (χ0) is 15.8. The van der Waals surface area contributed by atoms with Gasteiger partial charge in [0.05, 0.1) is 0 Å². The van der Waals surface area contributed by atoms with E-state index in [1.54, 1.807) is 0 Å². The van der Waals surface area contributed by atoms with E-state index < -0.39 is 8.07 Å². The van der Waals surface area contributed by atoms with Crippen molar-refractivity contribution in [3.05, 3.63) is 72.4 Å². The van der Waals surface area contributed by atoms with Crippen LogP contribution in [0, 0.1) is 0 Å². The highest BCUT2D eigenvalue weighted by atomic mass is 28.3. The van der Waals surface area contributed by atoms with Crippen molar-refractivity contribution in [1.29, 1.82) is 0 Å². The van der Waals surface area contributed by atoms with Crippen molar-refractivity contribution in [1.82, 2.24) is 0 Å². The molecule has 0 radical (unpaired) electrons. The Hall–Kier alpha value is -1.60. The van der Waals surface area contributed by atoms with E-state index in [9.17, 15) is 0 Å². The van der Waals surface area contributed by atoms with E-state index in [1.165, 1.54) is 41.3 Å². The number of rotatable bonds is 8. The Morgan fingerprint density at radius 2 is 1.32 bits per heavy atom. The van der Waals surface area contributed by atoms with Gasteiger partial charge in [-0.2, -0.15) is 0 Å². The Morgan fingerprint density at radius 1 is 0.818 bits per heavy atom. The molecule has 0 bridgehead atoms. The Morgan fingerprint density at radius 3 is 1.77 bits per heavy atom. The van der Waals surface area contributed by atoms with E-state index in [2.05, 4.69) is 80.7 Å². The lowest BCUT2D eigenvalue weighted by Gasteiger charge is -2.31. The van der Waals surface area contributed by atoms with Crippen molar-refractivity contribution in [2.45, 2.75) is 45.6 Å². The number of hydrogen-bond acceptors (Lipinski definition) is 0. The molecule has 2 rings (SSSR count). The van der Waals surface area contributed by atoms with Crippen LogP contribution < -0.4 is 10.4 Å². The third kappa shape index (κ3) is 3.78. The second kappa shape index (κ2) is 8.14. The molecule has 0 unspecified atom stereocenters. The third-order valence-corrected chi connectivity index (χ3v) is 9.38. The number of hydrogen-bond donors (Lipinski definition) is 0. The first-order chi connectivity index (χ1) is 10.7. The van der Waals surface area contributed by atoms with Gasteiger partial charge in [-0.25, -0.2) is 0 Å². The zero-order valence-corrected chi connectivity index (χ0v) is 15.0. The minimum absolute atomic E-state index is 1.16. The second-order valence-electron chi connectivity index (χ2n) is 6.27. The Labute approximate surface area is 136 Å². The monoisotopic (exact) mass is 308 g/mol. The number of benzene rings is 2. The summed E-state index contributed by atoms with van der Waals surface area (Å²) in [5, 5.41) is 4.41. The van der Waals surface area contributed by atoms with E-state index in [0.717, 1.165) is 6.42 Å². The van der Waals surface area contributed by atoms with Crippen molar-refractivity contribution >= 4 is 18.4 Å². The van der Waals surface area contributed by atoms with Gasteiger partial charge in [0.2, 0.25) is 0 Å². The van der Waals surface area contributed by atoms with Crippen LogP contribution in [-0.4, -0.2) is 8.07 Å². The Balaban J connectivity index is 2.28. The molecule has 2 aromatic rings. The maximum atomic E-state index is 4.54. The van der Waals surface area contributed by atoms with Crippen LogP contribution >= 0.6 is 0 Å². The molecule has 0 aliphatic carbocycles. The molecule has 0 amide bonds. The van der Waals surface area contributed by atoms with Crippen LogP contribution in [0.1, 0.15) is 39.0 Å². The highest BCUT2D eigenvalue weighted by molar-refractivity contribution is 7.06. The zero-order valence-electron chi connectivity index (χ0n) is 14.0. The number of unbranched alkanes of at least 4 members (excludes halogenated alkanes) is 3. The Kier molecular flexibility index (Phi) is 6.20. The van der Waals surface area contributed by atoms with Gasteiger partial charge in [-0.3, -0.25) is 0 Å². The summed E-state index contributed by atoms with van der Waals surface area (Å²) in [6.07, 6.45) is 6.38. The van der Waals surface area contributed by atoms with E-state index in [-0.39, 0.29) is 0 Å². The van der Waals surface area contributed by atoms with E-state index in [1.807, 2.05) is 0 Å². The molecule has 0 saturated heterocycles. The quantitative estimate of drug-likeness (QED) is 0.478. The summed E-state index contributed by atoms with van der Waals surface area (Å²) in [4.78, 5) is 0. The van der Waals surface area contributed by atoms with Gasteiger partial charge in [0.25, 0.3) is 0 Å².